The molecule has 1 atom stereocenters. The average Bonchev–Trinajstić information content (AvgIpc) is 2.80. The minimum absolute atomic E-state index is 0.0822. The number of alkyl halides is 1. The van der Waals surface area contributed by atoms with Gasteiger partial charge in [0.1, 0.15) is 5.76 Å². The highest BCUT2D eigenvalue weighted by molar-refractivity contribution is 9.09. The summed E-state index contributed by atoms with van der Waals surface area (Å²) in [5.74, 6) is -0.270. The van der Waals surface area contributed by atoms with E-state index in [1.54, 1.807) is 11.0 Å². The van der Waals surface area contributed by atoms with Crippen LogP contribution in [0.15, 0.2) is 45.9 Å². The number of aliphatic hydroxyl groups excluding tert-OH is 1. The quantitative estimate of drug-likeness (QED) is 0.290. The van der Waals surface area contributed by atoms with Crippen molar-refractivity contribution in [3.63, 3.8) is 0 Å². The molecule has 2 heterocycles. The van der Waals surface area contributed by atoms with Crippen molar-refractivity contribution in [3.05, 3.63) is 62.7 Å². The summed E-state index contributed by atoms with van der Waals surface area (Å²) in [6.45, 7) is 4.04. The molecule has 2 aliphatic rings. The second kappa shape index (κ2) is 10.4. The van der Waals surface area contributed by atoms with Gasteiger partial charge in [-0.2, -0.15) is 10.1 Å². The Morgan fingerprint density at radius 3 is 2.82 bits per heavy atom. The van der Waals surface area contributed by atoms with Crippen LogP contribution in [0.2, 0.25) is 5.02 Å². The van der Waals surface area contributed by atoms with Crippen molar-refractivity contribution in [3.8, 4) is 0 Å². The molecule has 2 N–H and O–H groups in total. The second-order valence-corrected chi connectivity index (χ2v) is 9.43. The molecule has 0 spiro atoms. The number of morpholine rings is 1. The van der Waals surface area contributed by atoms with E-state index in [-0.39, 0.29) is 27.4 Å². The summed E-state index contributed by atoms with van der Waals surface area (Å²) in [5, 5.41) is 15.6. The third-order valence-corrected chi connectivity index (χ3v) is 6.85. The van der Waals surface area contributed by atoms with Crippen molar-refractivity contribution in [2.75, 3.05) is 36.6 Å². The first kappa shape index (κ1) is 23.9. The molecule has 0 radical (unpaired) electrons. The van der Waals surface area contributed by atoms with Crippen molar-refractivity contribution in [2.45, 2.75) is 18.2 Å². The Kier molecular flexibility index (Phi) is 7.53. The van der Waals surface area contributed by atoms with Gasteiger partial charge in [0.2, 0.25) is 5.95 Å². The number of anilines is 2. The van der Waals surface area contributed by atoms with Crippen LogP contribution in [0.4, 0.5) is 16.2 Å². The molecule has 174 valence electrons. The summed E-state index contributed by atoms with van der Waals surface area (Å²) in [4.78, 5) is 9.76. The standard InChI is InChI=1S/C22H21BrCl2FN5O2/c1-12-3-2-4-15(24)17(12)18-14(23)9-13(20(32)19(18)25)10-28-30-22-27-11-16(26)21(29-22)31-5-7-33-8-6-31/h2-4,10-11,14,32H,5-9H2,1H3,(H,27,29,30)/b28-10-. The Morgan fingerprint density at radius 2 is 2.09 bits per heavy atom. The maximum absolute atomic E-state index is 14.2. The first-order chi connectivity index (χ1) is 15.9. The maximum Gasteiger partial charge on any atom is 0.245 e. The summed E-state index contributed by atoms with van der Waals surface area (Å²) in [7, 11) is 0. The monoisotopic (exact) mass is 555 g/mol. The van der Waals surface area contributed by atoms with Crippen LogP contribution in [0.25, 0.3) is 5.57 Å². The molecule has 1 aromatic heterocycles. The van der Waals surface area contributed by atoms with Gasteiger partial charge in [0, 0.05) is 34.1 Å². The smallest absolute Gasteiger partial charge is 0.245 e. The Hall–Kier alpha value is -2.20. The number of nitrogens with one attached hydrogen (secondary N) is 1. The fourth-order valence-electron chi connectivity index (χ4n) is 3.73. The van der Waals surface area contributed by atoms with Crippen LogP contribution < -0.4 is 10.3 Å². The molecule has 2 aromatic rings. The number of rotatable bonds is 5. The highest BCUT2D eigenvalue weighted by atomic mass is 79.9. The van der Waals surface area contributed by atoms with E-state index in [0.29, 0.717) is 43.3 Å². The zero-order chi connectivity index (χ0) is 23.5. The van der Waals surface area contributed by atoms with Crippen molar-refractivity contribution >= 4 is 62.7 Å². The molecule has 1 aliphatic carbocycles. The molecule has 33 heavy (non-hydrogen) atoms. The van der Waals surface area contributed by atoms with E-state index in [2.05, 4.69) is 36.4 Å². The van der Waals surface area contributed by atoms with Crippen molar-refractivity contribution < 1.29 is 14.2 Å². The van der Waals surface area contributed by atoms with Gasteiger partial charge < -0.3 is 14.7 Å². The lowest BCUT2D eigenvalue weighted by Crippen LogP contribution is -2.37. The predicted molar refractivity (Wildman–Crippen MR) is 133 cm³/mol. The highest BCUT2D eigenvalue weighted by Gasteiger charge is 2.29. The van der Waals surface area contributed by atoms with Gasteiger partial charge in [0.15, 0.2) is 11.6 Å². The number of hydrogen-bond acceptors (Lipinski definition) is 7. The molecule has 4 rings (SSSR count). The van der Waals surface area contributed by atoms with Crippen LogP contribution in [0.3, 0.4) is 0 Å². The molecule has 1 saturated heterocycles. The number of benzene rings is 1. The van der Waals surface area contributed by atoms with Crippen molar-refractivity contribution in [1.29, 1.82) is 0 Å². The van der Waals surface area contributed by atoms with Gasteiger partial charge in [-0.1, -0.05) is 51.3 Å². The van der Waals surface area contributed by atoms with Gasteiger partial charge in [0.05, 0.1) is 30.7 Å². The molecule has 11 heteroatoms. The average molecular weight is 557 g/mol. The normalized spacial score (nSPS) is 19.5. The van der Waals surface area contributed by atoms with Crippen LogP contribution in [0, 0.1) is 12.7 Å². The summed E-state index contributed by atoms with van der Waals surface area (Å²) in [6.07, 6.45) is 2.97. The van der Waals surface area contributed by atoms with Gasteiger partial charge in [-0.25, -0.2) is 14.8 Å². The number of aromatic nitrogens is 2. The molecular weight excluding hydrogens is 536 g/mol. The van der Waals surface area contributed by atoms with Gasteiger partial charge in [-0.3, -0.25) is 0 Å². The largest absolute Gasteiger partial charge is 0.506 e. The molecular formula is C22H21BrCl2FN5O2. The molecule has 1 aliphatic heterocycles. The Labute approximate surface area is 209 Å². The van der Waals surface area contributed by atoms with Gasteiger partial charge >= 0.3 is 0 Å². The lowest BCUT2D eigenvalue weighted by Gasteiger charge is -2.27. The predicted octanol–water partition coefficient (Wildman–Crippen LogP) is 5.44. The minimum Gasteiger partial charge on any atom is -0.506 e. The fourth-order valence-corrected chi connectivity index (χ4v) is 5.34. The van der Waals surface area contributed by atoms with Gasteiger partial charge in [-0.15, -0.1) is 0 Å². The maximum atomic E-state index is 14.2. The first-order valence-corrected chi connectivity index (χ1v) is 11.9. The van der Waals surface area contributed by atoms with Crippen LogP contribution in [-0.4, -0.2) is 52.4 Å². The fraction of sp³-hybridized carbons (Fsp3) is 0.318. The zero-order valence-corrected chi connectivity index (χ0v) is 20.8. The lowest BCUT2D eigenvalue weighted by atomic mass is 9.90. The second-order valence-electron chi connectivity index (χ2n) is 7.54. The summed E-state index contributed by atoms with van der Waals surface area (Å²) in [6, 6.07) is 5.59. The van der Waals surface area contributed by atoms with E-state index in [9.17, 15) is 9.50 Å². The van der Waals surface area contributed by atoms with E-state index in [1.807, 2.05) is 19.1 Å². The molecule has 0 saturated carbocycles. The van der Waals surface area contributed by atoms with Crippen molar-refractivity contribution in [2.24, 2.45) is 5.10 Å². The first-order valence-electron chi connectivity index (χ1n) is 10.2. The summed E-state index contributed by atoms with van der Waals surface area (Å²) in [5.41, 5.74) is 5.67. The Bertz CT molecular complexity index is 1130. The van der Waals surface area contributed by atoms with E-state index in [1.165, 1.54) is 6.21 Å². The van der Waals surface area contributed by atoms with E-state index in [4.69, 9.17) is 27.9 Å². The van der Waals surface area contributed by atoms with E-state index < -0.39 is 5.82 Å². The van der Waals surface area contributed by atoms with Gasteiger partial charge in [0.25, 0.3) is 0 Å². The SMILES string of the molecule is Cc1cccc(Cl)c1C1=C(Cl)C(O)=C(/C=N\Nc2ncc(F)c(N3CCOCC3)n2)CC1Br. The summed E-state index contributed by atoms with van der Waals surface area (Å²) >= 11 is 16.6. The molecule has 1 fully saturated rings. The minimum atomic E-state index is -0.513. The number of nitrogens with zero attached hydrogens (tertiary/aromatic N) is 4. The van der Waals surface area contributed by atoms with E-state index in [0.717, 1.165) is 22.9 Å². The van der Waals surface area contributed by atoms with Crippen LogP contribution in [-0.2, 0) is 4.74 Å². The Morgan fingerprint density at radius 1 is 1.33 bits per heavy atom. The molecule has 1 aromatic carbocycles. The van der Waals surface area contributed by atoms with Crippen LogP contribution in [0.1, 0.15) is 17.5 Å². The number of aliphatic hydroxyl groups is 1. The number of halogens is 4. The molecule has 0 bridgehead atoms. The third-order valence-electron chi connectivity index (χ3n) is 5.37. The number of allylic oxidation sites excluding steroid dienone is 3. The zero-order valence-electron chi connectivity index (χ0n) is 17.7. The third kappa shape index (κ3) is 5.16. The molecule has 1 unspecified atom stereocenters. The lowest BCUT2D eigenvalue weighted by molar-refractivity contribution is 0.122. The Balaban J connectivity index is 1.55. The van der Waals surface area contributed by atoms with Crippen LogP contribution in [0.5, 0.6) is 0 Å². The highest BCUT2D eigenvalue weighted by Crippen LogP contribution is 2.43. The molecule has 7 nitrogen and oxygen atoms in total. The van der Waals surface area contributed by atoms with E-state index >= 15 is 0 Å². The number of hydrazone groups is 1. The summed E-state index contributed by atoms with van der Waals surface area (Å²) < 4.78 is 19.5. The number of aryl methyl sites for hydroxylation is 1. The number of ether oxygens (including phenoxy) is 1. The topological polar surface area (TPSA) is 82.9 Å². The van der Waals surface area contributed by atoms with Crippen molar-refractivity contribution in [1.82, 2.24) is 9.97 Å². The van der Waals surface area contributed by atoms with Gasteiger partial charge in [-0.05, 0) is 30.5 Å². The number of hydrogen-bond donors (Lipinski definition) is 2. The molecule has 0 amide bonds. The van der Waals surface area contributed by atoms with Crippen LogP contribution >= 0.6 is 39.1 Å².